The number of benzene rings is 2. The van der Waals surface area contributed by atoms with Crippen LogP contribution in [0.4, 0.5) is 13.2 Å². The van der Waals surface area contributed by atoms with Gasteiger partial charge in [-0.3, -0.25) is 4.90 Å². The monoisotopic (exact) mass is 387 g/mol. The van der Waals surface area contributed by atoms with Crippen molar-refractivity contribution in [3.8, 4) is 0 Å². The van der Waals surface area contributed by atoms with Gasteiger partial charge in [-0.1, -0.05) is 50.3 Å². The number of hydrogen-bond acceptors (Lipinski definition) is 1. The molecule has 1 nitrogen and oxygen atoms in total. The first-order valence-corrected chi connectivity index (χ1v) is 10.1. The van der Waals surface area contributed by atoms with Gasteiger partial charge in [0, 0.05) is 19.6 Å². The first-order chi connectivity index (χ1) is 13.4. The van der Waals surface area contributed by atoms with Gasteiger partial charge >= 0.3 is 6.18 Å². The van der Waals surface area contributed by atoms with Gasteiger partial charge in [-0.15, -0.1) is 0 Å². The van der Waals surface area contributed by atoms with Gasteiger partial charge in [0.05, 0.1) is 5.56 Å². The zero-order chi connectivity index (χ0) is 20.1. The Bertz CT molecular complexity index is 836. The number of rotatable bonds is 6. The summed E-state index contributed by atoms with van der Waals surface area (Å²) in [5, 5.41) is 0. The average molecular weight is 387 g/mol. The SMILES string of the molecule is CCc1ccc(CCN2CC=C(c3cccc(C(F)(F)F)c3)CC2)cc1CC. The predicted octanol–water partition coefficient (Wildman–Crippen LogP) is 6.16. The summed E-state index contributed by atoms with van der Waals surface area (Å²) in [6.45, 7) is 7.04. The highest BCUT2D eigenvalue weighted by atomic mass is 19.4. The molecule has 2 aromatic carbocycles. The Morgan fingerprint density at radius 1 is 0.964 bits per heavy atom. The van der Waals surface area contributed by atoms with E-state index in [9.17, 15) is 13.2 Å². The van der Waals surface area contributed by atoms with Crippen molar-refractivity contribution in [3.05, 3.63) is 76.4 Å². The number of nitrogens with zero attached hydrogens (tertiary/aromatic N) is 1. The molecular weight excluding hydrogens is 359 g/mol. The third-order valence-corrected chi connectivity index (χ3v) is 5.60. The lowest BCUT2D eigenvalue weighted by atomic mass is 9.96. The average Bonchev–Trinajstić information content (AvgIpc) is 2.72. The molecule has 0 aliphatic carbocycles. The molecule has 0 unspecified atom stereocenters. The molecule has 0 radical (unpaired) electrons. The normalized spacial score (nSPS) is 15.5. The van der Waals surface area contributed by atoms with E-state index >= 15 is 0 Å². The van der Waals surface area contributed by atoms with Crippen LogP contribution in [0, 0.1) is 0 Å². The van der Waals surface area contributed by atoms with Crippen LogP contribution in [0.3, 0.4) is 0 Å². The van der Waals surface area contributed by atoms with Crippen LogP contribution in [0.1, 0.15) is 48.1 Å². The summed E-state index contributed by atoms with van der Waals surface area (Å²) in [7, 11) is 0. The van der Waals surface area contributed by atoms with Gasteiger partial charge in [-0.25, -0.2) is 0 Å². The molecule has 0 saturated heterocycles. The Balaban J connectivity index is 1.60. The fourth-order valence-electron chi connectivity index (χ4n) is 3.87. The molecule has 0 atom stereocenters. The molecule has 0 saturated carbocycles. The molecule has 0 spiro atoms. The molecule has 1 aliphatic heterocycles. The van der Waals surface area contributed by atoms with Crippen LogP contribution in [0.5, 0.6) is 0 Å². The van der Waals surface area contributed by atoms with Crippen molar-refractivity contribution < 1.29 is 13.2 Å². The van der Waals surface area contributed by atoms with E-state index in [4.69, 9.17) is 0 Å². The maximum absolute atomic E-state index is 12.9. The summed E-state index contributed by atoms with van der Waals surface area (Å²) in [6, 6.07) is 12.5. The van der Waals surface area contributed by atoms with Crippen LogP contribution >= 0.6 is 0 Å². The minimum Gasteiger partial charge on any atom is -0.299 e. The van der Waals surface area contributed by atoms with Crippen LogP contribution in [-0.4, -0.2) is 24.5 Å². The minimum absolute atomic E-state index is 0.574. The highest BCUT2D eigenvalue weighted by Gasteiger charge is 2.30. The van der Waals surface area contributed by atoms with E-state index in [0.717, 1.165) is 57.0 Å². The third kappa shape index (κ3) is 5.05. The third-order valence-electron chi connectivity index (χ3n) is 5.60. The van der Waals surface area contributed by atoms with Crippen molar-refractivity contribution in [2.24, 2.45) is 0 Å². The first-order valence-electron chi connectivity index (χ1n) is 10.1. The van der Waals surface area contributed by atoms with Crippen molar-refractivity contribution in [1.29, 1.82) is 0 Å². The van der Waals surface area contributed by atoms with Crippen molar-refractivity contribution >= 4 is 5.57 Å². The van der Waals surface area contributed by atoms with Crippen LogP contribution in [-0.2, 0) is 25.4 Å². The van der Waals surface area contributed by atoms with E-state index < -0.39 is 11.7 Å². The number of alkyl halides is 3. The quantitative estimate of drug-likeness (QED) is 0.574. The number of hydrogen-bond donors (Lipinski definition) is 0. The van der Waals surface area contributed by atoms with Crippen molar-refractivity contribution in [3.63, 3.8) is 0 Å². The van der Waals surface area contributed by atoms with E-state index in [2.05, 4.69) is 43.0 Å². The Hall–Kier alpha value is -2.07. The highest BCUT2D eigenvalue weighted by Crippen LogP contribution is 2.32. The molecular formula is C24H28F3N. The zero-order valence-corrected chi connectivity index (χ0v) is 16.6. The van der Waals surface area contributed by atoms with E-state index in [-0.39, 0.29) is 0 Å². The van der Waals surface area contributed by atoms with Gasteiger partial charge in [0.15, 0.2) is 0 Å². The van der Waals surface area contributed by atoms with Gasteiger partial charge in [-0.2, -0.15) is 13.2 Å². The van der Waals surface area contributed by atoms with E-state index in [0.29, 0.717) is 5.56 Å². The van der Waals surface area contributed by atoms with E-state index in [1.165, 1.54) is 28.8 Å². The molecule has 0 fully saturated rings. The maximum atomic E-state index is 12.9. The van der Waals surface area contributed by atoms with Crippen molar-refractivity contribution in [1.82, 2.24) is 4.90 Å². The Labute approximate surface area is 165 Å². The molecule has 0 amide bonds. The summed E-state index contributed by atoms with van der Waals surface area (Å²) in [4.78, 5) is 2.37. The molecule has 0 N–H and O–H groups in total. The molecule has 3 rings (SSSR count). The van der Waals surface area contributed by atoms with Gasteiger partial charge in [0.25, 0.3) is 0 Å². The van der Waals surface area contributed by atoms with Gasteiger partial charge in [-0.05, 0) is 65.6 Å². The van der Waals surface area contributed by atoms with Gasteiger partial charge in [0.1, 0.15) is 0 Å². The van der Waals surface area contributed by atoms with Crippen LogP contribution in [0.25, 0.3) is 5.57 Å². The van der Waals surface area contributed by atoms with Gasteiger partial charge < -0.3 is 0 Å². The number of aryl methyl sites for hydroxylation is 2. The molecule has 28 heavy (non-hydrogen) atoms. The standard InChI is InChI=1S/C24H28F3N/c1-3-19-9-8-18(16-20(19)4-2)10-13-28-14-11-21(12-15-28)22-6-5-7-23(17-22)24(25,26)27/h5-9,11,16-17H,3-4,10,12-15H2,1-2H3. The lowest BCUT2D eigenvalue weighted by molar-refractivity contribution is -0.137. The second-order valence-corrected chi connectivity index (χ2v) is 7.42. The Morgan fingerprint density at radius 2 is 1.75 bits per heavy atom. The van der Waals surface area contributed by atoms with E-state index in [1.807, 2.05) is 0 Å². The molecule has 4 heteroatoms. The highest BCUT2D eigenvalue weighted by molar-refractivity contribution is 5.67. The Kier molecular flexibility index (Phi) is 6.61. The van der Waals surface area contributed by atoms with Crippen LogP contribution in [0.15, 0.2) is 48.5 Å². The summed E-state index contributed by atoms with van der Waals surface area (Å²) >= 11 is 0. The second kappa shape index (κ2) is 8.95. The topological polar surface area (TPSA) is 3.24 Å². The maximum Gasteiger partial charge on any atom is 0.416 e. The summed E-state index contributed by atoms with van der Waals surface area (Å²) in [5.74, 6) is 0. The molecule has 150 valence electrons. The van der Waals surface area contributed by atoms with Crippen molar-refractivity contribution in [2.75, 3.05) is 19.6 Å². The van der Waals surface area contributed by atoms with Crippen LogP contribution < -0.4 is 0 Å². The number of halogens is 3. The molecule has 2 aromatic rings. The second-order valence-electron chi connectivity index (χ2n) is 7.42. The van der Waals surface area contributed by atoms with Gasteiger partial charge in [0.2, 0.25) is 0 Å². The largest absolute Gasteiger partial charge is 0.416 e. The first kappa shape index (κ1) is 20.7. The summed E-state index contributed by atoms with van der Waals surface area (Å²) in [6.07, 6.45) is 1.71. The molecule has 1 aliphatic rings. The predicted molar refractivity (Wildman–Crippen MR) is 109 cm³/mol. The molecule has 0 bridgehead atoms. The van der Waals surface area contributed by atoms with Crippen LogP contribution in [0.2, 0.25) is 0 Å². The van der Waals surface area contributed by atoms with Crippen molar-refractivity contribution in [2.45, 2.75) is 45.7 Å². The lowest BCUT2D eigenvalue weighted by Crippen LogP contribution is -2.30. The summed E-state index contributed by atoms with van der Waals surface area (Å²) in [5.41, 5.74) is 5.36. The Morgan fingerprint density at radius 3 is 2.39 bits per heavy atom. The molecule has 0 aromatic heterocycles. The summed E-state index contributed by atoms with van der Waals surface area (Å²) < 4.78 is 38.8. The fourth-order valence-corrected chi connectivity index (χ4v) is 3.87. The lowest BCUT2D eigenvalue weighted by Gasteiger charge is -2.27. The molecule has 1 heterocycles. The smallest absolute Gasteiger partial charge is 0.299 e. The van der Waals surface area contributed by atoms with E-state index in [1.54, 1.807) is 6.07 Å². The zero-order valence-electron chi connectivity index (χ0n) is 16.6. The minimum atomic E-state index is -4.29. The fraction of sp³-hybridized carbons (Fsp3) is 0.417.